The Morgan fingerprint density at radius 1 is 0.980 bits per heavy atom. The van der Waals surface area contributed by atoms with Gasteiger partial charge in [0, 0.05) is 21.7 Å². The summed E-state index contributed by atoms with van der Waals surface area (Å²) in [6.45, 7) is 1.79. The van der Waals surface area contributed by atoms with Gasteiger partial charge in [-0.2, -0.15) is 13.2 Å². The molecule has 3 heterocycles. The minimum atomic E-state index is -4.63. The molecular formula is C36H30F3N3O7S2. The number of imide groups is 1. The molecule has 15 heteroatoms. The van der Waals surface area contributed by atoms with Gasteiger partial charge in [0.15, 0.2) is 18.1 Å². The summed E-state index contributed by atoms with van der Waals surface area (Å²) in [5, 5.41) is 12.8. The van der Waals surface area contributed by atoms with Crippen molar-refractivity contribution in [2.75, 3.05) is 23.4 Å². The minimum Gasteiger partial charge on any atom is -0.508 e. The number of aromatic amines is 1. The van der Waals surface area contributed by atoms with Crippen LogP contribution < -0.4 is 24.6 Å². The number of anilines is 2. The van der Waals surface area contributed by atoms with Crippen molar-refractivity contribution in [3.63, 3.8) is 0 Å². The van der Waals surface area contributed by atoms with E-state index in [4.69, 9.17) is 9.47 Å². The first-order chi connectivity index (χ1) is 24.4. The zero-order valence-electron chi connectivity index (χ0n) is 26.8. The van der Waals surface area contributed by atoms with Crippen LogP contribution in [0.1, 0.15) is 35.3 Å². The molecule has 7 atom stereocenters. The second kappa shape index (κ2) is 12.5. The summed E-state index contributed by atoms with van der Waals surface area (Å²) in [6.07, 6.45) is -4.03. The number of phenols is 1. The molecule has 3 aromatic carbocycles. The highest BCUT2D eigenvalue weighted by molar-refractivity contribution is 8.00. The lowest BCUT2D eigenvalue weighted by Crippen LogP contribution is -2.42. The number of hydrogen-bond acceptors (Lipinski definition) is 9. The molecule has 3 N–H and O–H groups in total. The van der Waals surface area contributed by atoms with Gasteiger partial charge in [0.05, 0.1) is 34.7 Å². The molecular weight excluding hydrogens is 708 g/mol. The summed E-state index contributed by atoms with van der Waals surface area (Å²) >= 11 is 2.60. The fourth-order valence-corrected chi connectivity index (χ4v) is 11.3. The van der Waals surface area contributed by atoms with Crippen LogP contribution in [0.25, 0.3) is 0 Å². The molecule has 0 radical (unpaired) electrons. The van der Waals surface area contributed by atoms with Crippen molar-refractivity contribution >= 4 is 52.2 Å². The number of H-pyrrole nitrogens is 1. The highest BCUT2D eigenvalue weighted by Crippen LogP contribution is 2.69. The number of thioether (sulfide) groups is 1. The molecule has 2 aliphatic carbocycles. The van der Waals surface area contributed by atoms with E-state index in [1.807, 2.05) is 19.1 Å². The summed E-state index contributed by atoms with van der Waals surface area (Å²) < 4.78 is 52.5. The van der Waals surface area contributed by atoms with E-state index in [1.54, 1.807) is 18.2 Å². The maximum Gasteiger partial charge on any atom is 0.416 e. The van der Waals surface area contributed by atoms with E-state index in [1.165, 1.54) is 36.0 Å². The molecule has 3 fully saturated rings. The molecule has 1 aromatic heterocycles. The Hall–Kier alpha value is -4.76. The molecule has 3 amide bonds. The van der Waals surface area contributed by atoms with E-state index < -0.39 is 41.3 Å². The van der Waals surface area contributed by atoms with Crippen molar-refractivity contribution < 1.29 is 42.1 Å². The number of carbonyl (C=O) groups excluding carboxylic acids is 3. The van der Waals surface area contributed by atoms with E-state index in [0.717, 1.165) is 38.8 Å². The number of nitrogens with one attached hydrogen (secondary N) is 2. The van der Waals surface area contributed by atoms with Crippen molar-refractivity contribution in [2.24, 2.45) is 29.6 Å². The third-order valence-electron chi connectivity index (χ3n) is 10.3. The quantitative estimate of drug-likeness (QED) is 0.143. The highest BCUT2D eigenvalue weighted by atomic mass is 32.2. The fraction of sp³-hybridized carbons (Fsp3) is 0.333. The number of carbonyl (C=O) groups is 3. The standard InChI is InChI=1S/C36H30F3N3O7S2/c1-2-48-24-12-16(6-11-23(24)49-15-25(44)40-18-7-9-20(43)10-8-18)26-27-21-14-22(30(27)50-32-31(26)51-35(47)41-32)29-28(21)33(45)42(34(29)46)19-5-3-4-17(13-19)36(37,38)39/h3-13,21-22,26-30,43H,2,14-15H2,1H3,(H,40,44)(H,41,47)/t21?,22?,26-,27?,28?,29?,30?/m1/s1. The van der Waals surface area contributed by atoms with Gasteiger partial charge in [-0.3, -0.25) is 24.1 Å². The van der Waals surface area contributed by atoms with Crippen molar-refractivity contribution in [1.82, 2.24) is 4.98 Å². The van der Waals surface area contributed by atoms with Gasteiger partial charge >= 0.3 is 11.0 Å². The first-order valence-electron chi connectivity index (χ1n) is 16.4. The van der Waals surface area contributed by atoms with Gasteiger partial charge < -0.3 is 24.9 Å². The number of nitrogens with zero attached hydrogens (tertiary/aromatic N) is 1. The van der Waals surface area contributed by atoms with Gasteiger partial charge in [0.2, 0.25) is 11.8 Å². The maximum absolute atomic E-state index is 14.0. The summed E-state index contributed by atoms with van der Waals surface area (Å²) in [7, 11) is 0. The van der Waals surface area contributed by atoms with Crippen LogP contribution in [0.2, 0.25) is 0 Å². The zero-order chi connectivity index (χ0) is 35.8. The SMILES string of the molecule is CCOc1cc([C@H]2c3sc(=O)[nH]c3SC3C4CC(C5C(=O)N(c6cccc(C(F)(F)F)c6)C(=O)C45)C32)ccc1OCC(=O)Nc1ccc(O)cc1. The molecule has 2 bridgehead atoms. The zero-order valence-corrected chi connectivity index (χ0v) is 28.4. The monoisotopic (exact) mass is 737 g/mol. The van der Waals surface area contributed by atoms with Crippen LogP contribution in [-0.2, 0) is 20.6 Å². The minimum absolute atomic E-state index is 0.0679. The number of hydrogen-bond donors (Lipinski definition) is 3. The Kier molecular flexibility index (Phi) is 8.17. The van der Waals surface area contributed by atoms with Crippen LogP contribution in [-0.4, -0.2) is 46.3 Å². The molecule has 6 unspecified atom stereocenters. The molecule has 4 aliphatic rings. The van der Waals surface area contributed by atoms with Gasteiger partial charge in [-0.15, -0.1) is 11.8 Å². The summed E-state index contributed by atoms with van der Waals surface area (Å²) in [5.74, 6) is -2.95. The van der Waals surface area contributed by atoms with Crippen LogP contribution in [0, 0.1) is 29.6 Å². The first kappa shape index (κ1) is 33.4. The number of halogens is 3. The van der Waals surface area contributed by atoms with Crippen molar-refractivity contribution in [3.05, 3.63) is 92.4 Å². The molecule has 51 heavy (non-hydrogen) atoms. The Morgan fingerprint density at radius 2 is 1.73 bits per heavy atom. The molecule has 1 saturated heterocycles. The number of amides is 3. The Morgan fingerprint density at radius 3 is 2.45 bits per heavy atom. The van der Waals surface area contributed by atoms with Crippen molar-refractivity contribution in [2.45, 2.75) is 35.7 Å². The van der Waals surface area contributed by atoms with Gasteiger partial charge in [-0.1, -0.05) is 23.5 Å². The van der Waals surface area contributed by atoms with Crippen molar-refractivity contribution in [1.29, 1.82) is 0 Å². The molecule has 10 nitrogen and oxygen atoms in total. The normalized spacial score (nSPS) is 26.1. The number of benzene rings is 3. The third kappa shape index (κ3) is 5.66. The molecule has 2 saturated carbocycles. The molecule has 264 valence electrons. The van der Waals surface area contributed by atoms with Gasteiger partial charge in [0.1, 0.15) is 5.75 Å². The number of aromatic hydroxyl groups is 1. The highest BCUT2D eigenvalue weighted by Gasteiger charge is 2.69. The molecule has 8 rings (SSSR count). The maximum atomic E-state index is 14.0. The second-order valence-electron chi connectivity index (χ2n) is 13.0. The van der Waals surface area contributed by atoms with Crippen molar-refractivity contribution in [3.8, 4) is 17.2 Å². The van der Waals surface area contributed by atoms with Gasteiger partial charge in [-0.05, 0) is 91.3 Å². The predicted octanol–water partition coefficient (Wildman–Crippen LogP) is 6.25. The largest absolute Gasteiger partial charge is 0.508 e. The predicted molar refractivity (Wildman–Crippen MR) is 182 cm³/mol. The Bertz CT molecular complexity index is 2120. The third-order valence-corrected chi connectivity index (χ3v) is 12.9. The number of alkyl halides is 3. The van der Waals surface area contributed by atoms with E-state index in [9.17, 15) is 37.5 Å². The smallest absolute Gasteiger partial charge is 0.416 e. The number of aromatic nitrogens is 1. The lowest BCUT2D eigenvalue weighted by molar-refractivity contribution is -0.137. The summed E-state index contributed by atoms with van der Waals surface area (Å²) in [4.78, 5) is 57.8. The van der Waals surface area contributed by atoms with Crippen LogP contribution in [0.3, 0.4) is 0 Å². The number of thiazole rings is 1. The number of rotatable bonds is 8. The first-order valence-corrected chi connectivity index (χ1v) is 18.1. The lowest BCUT2D eigenvalue weighted by Gasteiger charge is -2.43. The number of phenolic OH excluding ortho intramolecular Hbond substituents is 1. The number of fused-ring (bicyclic) bond motifs is 9. The van der Waals surface area contributed by atoms with Crippen LogP contribution in [0.4, 0.5) is 24.5 Å². The van der Waals surface area contributed by atoms with Gasteiger partial charge in [-0.25, -0.2) is 0 Å². The summed E-state index contributed by atoms with van der Waals surface area (Å²) in [5.41, 5.74) is 0.273. The Balaban J connectivity index is 1.10. The van der Waals surface area contributed by atoms with E-state index in [2.05, 4.69) is 10.3 Å². The lowest BCUT2D eigenvalue weighted by atomic mass is 9.68. The van der Waals surface area contributed by atoms with Crippen LogP contribution in [0.15, 0.2) is 76.6 Å². The van der Waals surface area contributed by atoms with Crippen LogP contribution >= 0.6 is 23.1 Å². The van der Waals surface area contributed by atoms with Gasteiger partial charge in [0.25, 0.3) is 5.91 Å². The Labute approximate surface area is 297 Å². The molecule has 0 spiro atoms. The van der Waals surface area contributed by atoms with E-state index in [0.29, 0.717) is 35.2 Å². The van der Waals surface area contributed by atoms with Crippen LogP contribution in [0.5, 0.6) is 17.2 Å². The second-order valence-corrected chi connectivity index (χ2v) is 15.2. The van der Waals surface area contributed by atoms with E-state index in [-0.39, 0.29) is 51.8 Å². The molecule has 2 aliphatic heterocycles. The van der Waals surface area contributed by atoms with E-state index >= 15 is 0 Å². The molecule has 4 aromatic rings. The summed E-state index contributed by atoms with van der Waals surface area (Å²) in [6, 6.07) is 15.7. The topological polar surface area (TPSA) is 138 Å². The fourth-order valence-electron chi connectivity index (χ4n) is 8.46. The average Bonchev–Trinajstić information content (AvgIpc) is 3.83. The average molecular weight is 738 g/mol. The number of ether oxygens (including phenoxy) is 2.